The highest BCUT2D eigenvalue weighted by Crippen LogP contribution is 2.35. The molecule has 0 spiro atoms. The van der Waals surface area contributed by atoms with Gasteiger partial charge in [0.25, 0.3) is 0 Å². The Bertz CT molecular complexity index is 524. The summed E-state index contributed by atoms with van der Waals surface area (Å²) < 4.78 is 0. The summed E-state index contributed by atoms with van der Waals surface area (Å²) in [4.78, 5) is 12.2. The smallest absolute Gasteiger partial charge is 0.141 e. The topological polar surface area (TPSA) is 49.2 Å². The van der Waals surface area contributed by atoms with Crippen LogP contribution in [0.25, 0.3) is 10.2 Å². The maximum Gasteiger partial charge on any atom is 0.141 e. The van der Waals surface area contributed by atoms with Crippen LogP contribution in [0.4, 0.5) is 5.82 Å². The summed E-state index contributed by atoms with van der Waals surface area (Å²) in [5.74, 6) is 1.07. The van der Waals surface area contributed by atoms with Crippen LogP contribution in [0, 0.1) is 0 Å². The minimum Gasteiger partial charge on any atom is -0.396 e. The number of hydrogen-bond acceptors (Lipinski definition) is 5. The van der Waals surface area contributed by atoms with Gasteiger partial charge in [0, 0.05) is 19.2 Å². The molecule has 0 radical (unpaired) electrons. The minimum absolute atomic E-state index is 0.274. The highest BCUT2D eigenvalue weighted by Gasteiger charge is 2.30. The quantitative estimate of drug-likeness (QED) is 0.813. The molecular formula is C13H17N3OS. The van der Waals surface area contributed by atoms with Crippen molar-refractivity contribution < 1.29 is 5.11 Å². The monoisotopic (exact) mass is 263 g/mol. The van der Waals surface area contributed by atoms with Gasteiger partial charge in [0.1, 0.15) is 17.0 Å². The summed E-state index contributed by atoms with van der Waals surface area (Å²) in [5, 5.41) is 12.1. The highest BCUT2D eigenvalue weighted by atomic mass is 32.1. The second-order valence-corrected chi connectivity index (χ2v) is 5.59. The van der Waals surface area contributed by atoms with E-state index in [2.05, 4.69) is 26.3 Å². The Morgan fingerprint density at radius 2 is 2.22 bits per heavy atom. The van der Waals surface area contributed by atoms with E-state index in [1.807, 2.05) is 0 Å². The molecular weight excluding hydrogens is 246 g/mol. The number of rotatable bonds is 6. The molecule has 2 aromatic rings. The largest absolute Gasteiger partial charge is 0.396 e. The second kappa shape index (κ2) is 5.20. The van der Waals surface area contributed by atoms with Crippen LogP contribution in [0.15, 0.2) is 17.8 Å². The first-order valence-electron chi connectivity index (χ1n) is 6.46. The Kier molecular flexibility index (Phi) is 3.43. The average molecular weight is 263 g/mol. The summed E-state index contributed by atoms with van der Waals surface area (Å²) in [6.07, 6.45) is 6.06. The van der Waals surface area contributed by atoms with Gasteiger partial charge >= 0.3 is 0 Å². The van der Waals surface area contributed by atoms with Gasteiger partial charge in [-0.3, -0.25) is 0 Å². The number of aliphatic hydroxyl groups excluding tert-OH is 1. The molecule has 0 bridgehead atoms. The van der Waals surface area contributed by atoms with Crippen molar-refractivity contribution in [1.82, 2.24) is 9.97 Å². The van der Waals surface area contributed by atoms with E-state index in [9.17, 15) is 0 Å². The number of aliphatic hydroxyl groups is 1. The number of thiophene rings is 1. The predicted octanol–water partition coefficient (Wildman–Crippen LogP) is 2.43. The van der Waals surface area contributed by atoms with Crippen molar-refractivity contribution in [3.63, 3.8) is 0 Å². The summed E-state index contributed by atoms with van der Waals surface area (Å²) in [6, 6.07) is 2.75. The molecule has 96 valence electrons. The lowest BCUT2D eigenvalue weighted by Gasteiger charge is -2.23. The lowest BCUT2D eigenvalue weighted by Crippen LogP contribution is -2.28. The molecule has 1 saturated carbocycles. The normalized spacial score (nSPS) is 15.2. The van der Waals surface area contributed by atoms with Crippen LogP contribution in [0.3, 0.4) is 0 Å². The molecule has 5 heteroatoms. The molecule has 1 aliphatic carbocycles. The molecule has 3 rings (SSSR count). The van der Waals surface area contributed by atoms with E-state index in [-0.39, 0.29) is 6.61 Å². The molecule has 0 amide bonds. The first-order valence-corrected chi connectivity index (χ1v) is 7.34. The zero-order chi connectivity index (χ0) is 12.4. The van der Waals surface area contributed by atoms with Gasteiger partial charge in [0.2, 0.25) is 0 Å². The van der Waals surface area contributed by atoms with Gasteiger partial charge in [-0.2, -0.15) is 0 Å². The van der Waals surface area contributed by atoms with Crippen molar-refractivity contribution >= 4 is 27.4 Å². The first-order chi connectivity index (χ1) is 8.90. The molecule has 0 aliphatic heterocycles. The van der Waals surface area contributed by atoms with Gasteiger partial charge in [-0.05, 0) is 37.1 Å². The Hall–Kier alpha value is -1.20. The SMILES string of the molecule is OCCCCN(c1ncnc2sccc12)C1CC1. The summed E-state index contributed by atoms with van der Waals surface area (Å²) in [5.41, 5.74) is 0. The van der Waals surface area contributed by atoms with Crippen LogP contribution >= 0.6 is 11.3 Å². The van der Waals surface area contributed by atoms with Crippen LogP contribution in [0.2, 0.25) is 0 Å². The third-order valence-corrected chi connectivity index (χ3v) is 4.13. The molecule has 4 nitrogen and oxygen atoms in total. The van der Waals surface area contributed by atoms with Gasteiger partial charge in [0.05, 0.1) is 5.39 Å². The van der Waals surface area contributed by atoms with Crippen molar-refractivity contribution in [1.29, 1.82) is 0 Å². The lowest BCUT2D eigenvalue weighted by atomic mass is 10.2. The fraction of sp³-hybridized carbons (Fsp3) is 0.538. The van der Waals surface area contributed by atoms with Crippen molar-refractivity contribution in [3.05, 3.63) is 17.8 Å². The predicted molar refractivity (Wildman–Crippen MR) is 74.1 cm³/mol. The zero-order valence-electron chi connectivity index (χ0n) is 10.2. The van der Waals surface area contributed by atoms with E-state index in [0.717, 1.165) is 30.0 Å². The van der Waals surface area contributed by atoms with E-state index < -0.39 is 0 Å². The van der Waals surface area contributed by atoms with Crippen molar-refractivity contribution in [3.8, 4) is 0 Å². The number of aromatic nitrogens is 2. The number of nitrogens with zero attached hydrogens (tertiary/aromatic N) is 3. The van der Waals surface area contributed by atoms with E-state index >= 15 is 0 Å². The molecule has 0 saturated heterocycles. The summed E-state index contributed by atoms with van der Waals surface area (Å²) >= 11 is 1.66. The molecule has 0 atom stereocenters. The third-order valence-electron chi connectivity index (χ3n) is 3.31. The van der Waals surface area contributed by atoms with E-state index in [1.54, 1.807) is 17.7 Å². The molecule has 1 aliphatic rings. The molecule has 2 heterocycles. The van der Waals surface area contributed by atoms with Crippen LogP contribution in [0.1, 0.15) is 25.7 Å². The fourth-order valence-electron chi connectivity index (χ4n) is 2.25. The highest BCUT2D eigenvalue weighted by molar-refractivity contribution is 7.16. The van der Waals surface area contributed by atoms with Crippen molar-refractivity contribution in [2.24, 2.45) is 0 Å². The first kappa shape index (κ1) is 11.9. The Labute approximate surface area is 110 Å². The fourth-order valence-corrected chi connectivity index (χ4v) is 2.97. The van der Waals surface area contributed by atoms with Crippen LogP contribution in [-0.2, 0) is 0 Å². The van der Waals surface area contributed by atoms with Gasteiger partial charge in [-0.15, -0.1) is 11.3 Å². The van der Waals surface area contributed by atoms with Crippen molar-refractivity contribution in [2.75, 3.05) is 18.1 Å². The van der Waals surface area contributed by atoms with E-state index in [1.165, 1.54) is 18.2 Å². The Balaban J connectivity index is 1.86. The molecule has 1 fully saturated rings. The van der Waals surface area contributed by atoms with E-state index in [0.29, 0.717) is 6.04 Å². The maximum absolute atomic E-state index is 8.90. The number of anilines is 1. The number of fused-ring (bicyclic) bond motifs is 1. The summed E-state index contributed by atoms with van der Waals surface area (Å²) in [7, 11) is 0. The molecule has 0 aromatic carbocycles. The van der Waals surface area contributed by atoms with Crippen LogP contribution < -0.4 is 4.90 Å². The number of hydrogen-bond donors (Lipinski definition) is 1. The van der Waals surface area contributed by atoms with Crippen LogP contribution in [-0.4, -0.2) is 34.3 Å². The van der Waals surface area contributed by atoms with Gasteiger partial charge in [-0.1, -0.05) is 0 Å². The lowest BCUT2D eigenvalue weighted by molar-refractivity contribution is 0.285. The maximum atomic E-state index is 8.90. The van der Waals surface area contributed by atoms with Gasteiger partial charge in [0.15, 0.2) is 0 Å². The van der Waals surface area contributed by atoms with Crippen molar-refractivity contribution in [2.45, 2.75) is 31.7 Å². The standard InChI is InChI=1S/C13H17N3OS/c17-7-2-1-6-16(10-3-4-10)12-11-5-8-18-13(11)15-9-14-12/h5,8-10,17H,1-4,6-7H2. The zero-order valence-corrected chi connectivity index (χ0v) is 11.1. The molecule has 18 heavy (non-hydrogen) atoms. The molecule has 0 unspecified atom stereocenters. The van der Waals surface area contributed by atoms with Gasteiger partial charge < -0.3 is 10.0 Å². The molecule has 1 N–H and O–H groups in total. The Morgan fingerprint density at radius 3 is 3.00 bits per heavy atom. The minimum atomic E-state index is 0.274. The molecule has 2 aromatic heterocycles. The third kappa shape index (κ3) is 2.33. The van der Waals surface area contributed by atoms with E-state index in [4.69, 9.17) is 5.11 Å². The van der Waals surface area contributed by atoms with Gasteiger partial charge in [-0.25, -0.2) is 9.97 Å². The van der Waals surface area contributed by atoms with Crippen LogP contribution in [0.5, 0.6) is 0 Å². The summed E-state index contributed by atoms with van der Waals surface area (Å²) in [6.45, 7) is 1.25. The second-order valence-electron chi connectivity index (χ2n) is 4.69. The Morgan fingerprint density at radius 1 is 1.33 bits per heavy atom. The average Bonchev–Trinajstić information content (AvgIpc) is 3.11. The number of unbranched alkanes of at least 4 members (excludes halogenated alkanes) is 1.